The minimum Gasteiger partial charge on any atom is -0.382 e. The summed E-state index contributed by atoms with van der Waals surface area (Å²) in [6, 6.07) is 9.56. The molecule has 1 aromatic rings. The molecule has 4 heteroatoms. The van der Waals surface area contributed by atoms with E-state index in [1.54, 1.807) is 0 Å². The maximum absolute atomic E-state index is 4.72. The highest BCUT2D eigenvalue weighted by Crippen LogP contribution is 2.41. The Morgan fingerprint density at radius 3 is 2.10 bits per heavy atom. The van der Waals surface area contributed by atoms with Crippen molar-refractivity contribution < 1.29 is 0 Å². The van der Waals surface area contributed by atoms with E-state index >= 15 is 0 Å². The average Bonchev–Trinajstić information content (AvgIpc) is 2.81. The van der Waals surface area contributed by atoms with Crippen LogP contribution in [0, 0.1) is 0 Å². The van der Waals surface area contributed by atoms with Crippen molar-refractivity contribution in [3.05, 3.63) is 29.8 Å². The highest BCUT2D eigenvalue weighted by atomic mass is 32.1. The zero-order valence-corrected chi connectivity index (χ0v) is 13.5. The lowest BCUT2D eigenvalue weighted by molar-refractivity contribution is 0.479. The van der Waals surface area contributed by atoms with Crippen molar-refractivity contribution in [2.75, 3.05) is 18.4 Å². The Labute approximate surface area is 132 Å². The van der Waals surface area contributed by atoms with Crippen molar-refractivity contribution in [2.24, 2.45) is 0 Å². The number of nitrogens with one attached hydrogen (secondary N) is 2. The van der Waals surface area contributed by atoms with E-state index in [-0.39, 0.29) is 0 Å². The number of piperidine rings is 1. The molecule has 1 saturated heterocycles. The first-order chi connectivity index (χ1) is 9.74. The number of rotatable bonds is 3. The lowest BCUT2D eigenvalue weighted by Gasteiger charge is -2.25. The highest BCUT2D eigenvalue weighted by Gasteiger charge is 2.32. The molecule has 2 aliphatic rings. The molecule has 2 atom stereocenters. The van der Waals surface area contributed by atoms with Crippen LogP contribution < -0.4 is 10.6 Å². The van der Waals surface area contributed by atoms with Crippen LogP contribution in [0.4, 0.5) is 5.69 Å². The molecular weight excluding hydrogens is 284 g/mol. The quantitative estimate of drug-likeness (QED) is 0.644. The number of hydrogen-bond donors (Lipinski definition) is 4. The standard InChI is InChI=1S/C16H24N2S2/c19-14-5-6-15(20)16(14)11-1-3-12(4-2-11)18-13-7-9-17-10-8-13/h1-4,13-20H,5-10H2. The molecule has 2 fully saturated rings. The zero-order chi connectivity index (χ0) is 13.9. The lowest BCUT2D eigenvalue weighted by Crippen LogP contribution is -2.35. The van der Waals surface area contributed by atoms with Crippen molar-refractivity contribution in [2.45, 2.75) is 48.1 Å². The average molecular weight is 309 g/mol. The number of hydrogen-bond acceptors (Lipinski definition) is 4. The summed E-state index contributed by atoms with van der Waals surface area (Å²) in [7, 11) is 0. The van der Waals surface area contributed by atoms with Crippen LogP contribution in [0.1, 0.15) is 37.2 Å². The minimum absolute atomic E-state index is 0.459. The monoisotopic (exact) mass is 308 g/mol. The summed E-state index contributed by atoms with van der Waals surface area (Å²) >= 11 is 9.44. The van der Waals surface area contributed by atoms with E-state index in [2.05, 4.69) is 34.9 Å². The predicted molar refractivity (Wildman–Crippen MR) is 93.5 cm³/mol. The van der Waals surface area contributed by atoms with Crippen LogP contribution in [0.5, 0.6) is 0 Å². The third kappa shape index (κ3) is 3.29. The van der Waals surface area contributed by atoms with Crippen LogP contribution in [0.15, 0.2) is 24.3 Å². The maximum atomic E-state index is 4.72. The number of anilines is 1. The lowest BCUT2D eigenvalue weighted by atomic mass is 9.96. The molecule has 0 radical (unpaired) electrons. The Hall–Kier alpha value is -0.320. The summed E-state index contributed by atoms with van der Waals surface area (Å²) < 4.78 is 0. The molecule has 110 valence electrons. The molecule has 1 heterocycles. The minimum atomic E-state index is 0.459. The Morgan fingerprint density at radius 1 is 0.900 bits per heavy atom. The van der Waals surface area contributed by atoms with Gasteiger partial charge < -0.3 is 10.6 Å². The van der Waals surface area contributed by atoms with Crippen LogP contribution in [-0.4, -0.2) is 29.6 Å². The third-order valence-corrected chi connectivity index (χ3v) is 5.75. The van der Waals surface area contributed by atoms with Gasteiger partial charge >= 0.3 is 0 Å². The molecule has 2 N–H and O–H groups in total. The summed E-state index contributed by atoms with van der Waals surface area (Å²) in [6.45, 7) is 2.25. The van der Waals surface area contributed by atoms with Crippen molar-refractivity contribution in [1.82, 2.24) is 5.32 Å². The molecule has 1 aliphatic carbocycles. The van der Waals surface area contributed by atoms with Gasteiger partial charge in [0.1, 0.15) is 0 Å². The molecule has 0 aromatic heterocycles. The molecule has 20 heavy (non-hydrogen) atoms. The number of benzene rings is 1. The normalized spacial score (nSPS) is 31.4. The van der Waals surface area contributed by atoms with Gasteiger partial charge in [0, 0.05) is 28.1 Å². The predicted octanol–water partition coefficient (Wildman–Crippen LogP) is 3.32. The highest BCUT2D eigenvalue weighted by molar-refractivity contribution is 7.82. The fraction of sp³-hybridized carbons (Fsp3) is 0.625. The summed E-state index contributed by atoms with van der Waals surface area (Å²) in [4.78, 5) is 0. The first-order valence-corrected chi connectivity index (χ1v) is 8.70. The summed E-state index contributed by atoms with van der Waals surface area (Å²) in [5.74, 6) is 0.495. The molecule has 1 saturated carbocycles. The Bertz CT molecular complexity index is 419. The smallest absolute Gasteiger partial charge is 0.0342 e. The van der Waals surface area contributed by atoms with Gasteiger partial charge in [0.15, 0.2) is 0 Å². The topological polar surface area (TPSA) is 24.1 Å². The fourth-order valence-electron chi connectivity index (χ4n) is 3.40. The molecule has 1 aliphatic heterocycles. The van der Waals surface area contributed by atoms with Crippen molar-refractivity contribution in [3.8, 4) is 0 Å². The molecule has 2 unspecified atom stereocenters. The molecule has 0 amide bonds. The van der Waals surface area contributed by atoms with Gasteiger partial charge in [0.05, 0.1) is 0 Å². The molecular formula is C16H24N2S2. The van der Waals surface area contributed by atoms with Gasteiger partial charge in [-0.25, -0.2) is 0 Å². The van der Waals surface area contributed by atoms with E-state index in [1.807, 2.05) is 0 Å². The van der Waals surface area contributed by atoms with Gasteiger partial charge in [-0.1, -0.05) is 12.1 Å². The van der Waals surface area contributed by atoms with Crippen molar-refractivity contribution >= 4 is 30.9 Å². The van der Waals surface area contributed by atoms with E-state index in [9.17, 15) is 0 Å². The largest absolute Gasteiger partial charge is 0.382 e. The van der Waals surface area contributed by atoms with Crippen LogP contribution in [0.25, 0.3) is 0 Å². The second-order valence-corrected chi connectivity index (χ2v) is 7.36. The first-order valence-electron chi connectivity index (χ1n) is 7.67. The van der Waals surface area contributed by atoms with Crippen LogP contribution in [0.3, 0.4) is 0 Å². The van der Waals surface area contributed by atoms with Crippen molar-refractivity contribution in [3.63, 3.8) is 0 Å². The van der Waals surface area contributed by atoms with E-state index in [1.165, 1.54) is 36.9 Å². The third-order valence-electron chi connectivity index (χ3n) is 4.59. The van der Waals surface area contributed by atoms with E-state index in [0.717, 1.165) is 13.1 Å². The molecule has 3 rings (SSSR count). The first kappa shape index (κ1) is 14.6. The molecule has 2 nitrogen and oxygen atoms in total. The maximum Gasteiger partial charge on any atom is 0.0342 e. The Morgan fingerprint density at radius 2 is 1.50 bits per heavy atom. The SMILES string of the molecule is SC1CCC(S)C1c1ccc(NC2CCNCC2)cc1. The number of thiol groups is 2. The summed E-state index contributed by atoms with van der Waals surface area (Å²) in [5.41, 5.74) is 2.63. The zero-order valence-electron chi connectivity index (χ0n) is 11.8. The van der Waals surface area contributed by atoms with Crippen LogP contribution >= 0.6 is 25.3 Å². The van der Waals surface area contributed by atoms with Crippen LogP contribution in [-0.2, 0) is 0 Å². The van der Waals surface area contributed by atoms with E-state index in [0.29, 0.717) is 22.5 Å². The second kappa shape index (κ2) is 6.63. The Kier molecular flexibility index (Phi) is 4.84. The van der Waals surface area contributed by atoms with Crippen molar-refractivity contribution in [1.29, 1.82) is 0 Å². The van der Waals surface area contributed by atoms with Gasteiger partial charge in [-0.15, -0.1) is 0 Å². The van der Waals surface area contributed by atoms with Gasteiger partial charge in [-0.3, -0.25) is 0 Å². The van der Waals surface area contributed by atoms with Gasteiger partial charge in [0.25, 0.3) is 0 Å². The Balaban J connectivity index is 1.65. The summed E-state index contributed by atoms with van der Waals surface area (Å²) in [5, 5.41) is 7.96. The second-order valence-electron chi connectivity index (χ2n) is 6.03. The molecule has 0 spiro atoms. The molecule has 0 bridgehead atoms. The van der Waals surface area contributed by atoms with Crippen LogP contribution in [0.2, 0.25) is 0 Å². The summed E-state index contributed by atoms with van der Waals surface area (Å²) in [6.07, 6.45) is 4.78. The molecule has 1 aromatic carbocycles. The van der Waals surface area contributed by atoms with Gasteiger partial charge in [-0.05, 0) is 56.5 Å². The van der Waals surface area contributed by atoms with E-state index in [4.69, 9.17) is 25.3 Å². The fourth-order valence-corrected chi connectivity index (χ4v) is 4.60. The van der Waals surface area contributed by atoms with E-state index < -0.39 is 0 Å². The van der Waals surface area contributed by atoms with Gasteiger partial charge in [-0.2, -0.15) is 25.3 Å². The van der Waals surface area contributed by atoms with Gasteiger partial charge in [0.2, 0.25) is 0 Å².